The van der Waals surface area contributed by atoms with Gasteiger partial charge in [-0.25, -0.2) is 4.79 Å². The maximum atomic E-state index is 12.8. The van der Waals surface area contributed by atoms with Crippen molar-refractivity contribution in [2.24, 2.45) is 0 Å². The number of rotatable bonds is 6. The van der Waals surface area contributed by atoms with E-state index >= 15 is 0 Å². The van der Waals surface area contributed by atoms with Gasteiger partial charge in [-0.15, -0.1) is 0 Å². The van der Waals surface area contributed by atoms with Crippen molar-refractivity contribution < 1.29 is 19.0 Å². The molecule has 2 atom stereocenters. The van der Waals surface area contributed by atoms with Crippen LogP contribution < -0.4 is 0 Å². The van der Waals surface area contributed by atoms with E-state index in [0.717, 1.165) is 6.42 Å². The summed E-state index contributed by atoms with van der Waals surface area (Å²) >= 11 is 0. The number of fused-ring (bicyclic) bond motifs is 4. The molecule has 1 spiro atoms. The second-order valence-corrected chi connectivity index (χ2v) is 9.99. The molecule has 0 aromatic heterocycles. The highest BCUT2D eigenvalue weighted by atomic mass is 16.7. The van der Waals surface area contributed by atoms with E-state index in [9.17, 15) is 4.79 Å². The molecular formula is C27H34O4. The molecule has 166 valence electrons. The molecule has 0 fully saturated rings. The zero-order valence-electron chi connectivity index (χ0n) is 19.4. The molecule has 2 unspecified atom stereocenters. The molecule has 2 aromatic carbocycles. The molecule has 0 aliphatic heterocycles. The highest BCUT2D eigenvalue weighted by Gasteiger charge is 2.64. The Hall–Kier alpha value is -2.33. The number of hydrogen-bond acceptors (Lipinski definition) is 4. The number of ether oxygens (including phenoxy) is 3. The van der Waals surface area contributed by atoms with Gasteiger partial charge >= 0.3 is 6.16 Å². The van der Waals surface area contributed by atoms with Crippen LogP contribution in [0.4, 0.5) is 4.79 Å². The third-order valence-electron chi connectivity index (χ3n) is 7.13. The summed E-state index contributed by atoms with van der Waals surface area (Å²) in [5, 5.41) is 0. The molecule has 4 heteroatoms. The lowest BCUT2D eigenvalue weighted by Crippen LogP contribution is -2.46. The first-order valence-corrected chi connectivity index (χ1v) is 11.4. The van der Waals surface area contributed by atoms with Crippen LogP contribution >= 0.6 is 0 Å². The predicted molar refractivity (Wildman–Crippen MR) is 122 cm³/mol. The Kier molecular flexibility index (Phi) is 5.63. The van der Waals surface area contributed by atoms with E-state index in [1.54, 1.807) is 0 Å². The van der Waals surface area contributed by atoms with Crippen LogP contribution in [0.1, 0.15) is 69.7 Å². The largest absolute Gasteiger partial charge is 0.508 e. The molecular weight excluding hydrogens is 388 g/mol. The van der Waals surface area contributed by atoms with E-state index in [2.05, 4.69) is 76.2 Å². The summed E-state index contributed by atoms with van der Waals surface area (Å²) in [4.78, 5) is 12.8. The van der Waals surface area contributed by atoms with Crippen molar-refractivity contribution in [3.8, 4) is 0 Å². The molecule has 0 amide bonds. The molecule has 0 heterocycles. The van der Waals surface area contributed by atoms with E-state index in [1.165, 1.54) is 22.3 Å². The first kappa shape index (κ1) is 21.9. The van der Waals surface area contributed by atoms with Gasteiger partial charge in [0.1, 0.15) is 6.10 Å². The van der Waals surface area contributed by atoms with Crippen LogP contribution in [0.3, 0.4) is 0 Å². The van der Waals surface area contributed by atoms with Gasteiger partial charge < -0.3 is 14.2 Å². The normalized spacial score (nSPS) is 24.6. The standard InChI is InChI=1S/C27H34O4/c1-6-29-16-11-17-30-24(28)31-23-26(4,5)20-13-8-10-15-22(20)27(23)18-25(2,3)19-12-7-9-14-21(19)27/h7-10,12-15,23H,6,11,16-18H2,1-5H3. The third kappa shape index (κ3) is 3.45. The fourth-order valence-corrected chi connectivity index (χ4v) is 6.00. The quantitative estimate of drug-likeness (QED) is 0.430. The molecule has 0 saturated carbocycles. The van der Waals surface area contributed by atoms with Crippen molar-refractivity contribution in [2.45, 2.75) is 69.8 Å². The molecule has 2 aromatic rings. The summed E-state index contributed by atoms with van der Waals surface area (Å²) in [6.07, 6.45) is 0.615. The third-order valence-corrected chi connectivity index (χ3v) is 7.13. The maximum Gasteiger partial charge on any atom is 0.508 e. The van der Waals surface area contributed by atoms with Crippen molar-refractivity contribution in [1.29, 1.82) is 0 Å². The molecule has 0 N–H and O–H groups in total. The van der Waals surface area contributed by atoms with Crippen LogP contribution in [0.5, 0.6) is 0 Å². The van der Waals surface area contributed by atoms with Gasteiger partial charge in [-0.1, -0.05) is 76.2 Å². The minimum absolute atomic E-state index is 0.0207. The number of carbonyl (C=O) groups is 1. The van der Waals surface area contributed by atoms with Crippen molar-refractivity contribution in [1.82, 2.24) is 0 Å². The Morgan fingerprint density at radius 3 is 2.13 bits per heavy atom. The first-order valence-electron chi connectivity index (χ1n) is 11.4. The van der Waals surface area contributed by atoms with E-state index in [1.807, 2.05) is 6.92 Å². The van der Waals surface area contributed by atoms with Gasteiger partial charge in [-0.3, -0.25) is 0 Å². The number of carbonyl (C=O) groups excluding carboxylic acids is 1. The molecule has 2 aliphatic carbocycles. The minimum atomic E-state index is -0.594. The van der Waals surface area contributed by atoms with Crippen LogP contribution in [-0.4, -0.2) is 32.1 Å². The van der Waals surface area contributed by atoms with Crippen molar-refractivity contribution >= 4 is 6.16 Å². The second-order valence-electron chi connectivity index (χ2n) is 9.99. The summed E-state index contributed by atoms with van der Waals surface area (Å²) in [6, 6.07) is 17.2. The van der Waals surface area contributed by atoms with E-state index in [-0.39, 0.29) is 22.3 Å². The van der Waals surface area contributed by atoms with Crippen LogP contribution in [0, 0.1) is 0 Å². The van der Waals surface area contributed by atoms with Crippen LogP contribution in [0.25, 0.3) is 0 Å². The predicted octanol–water partition coefficient (Wildman–Crippen LogP) is 5.89. The summed E-state index contributed by atoms with van der Waals surface area (Å²) in [7, 11) is 0. The van der Waals surface area contributed by atoms with Gasteiger partial charge in [0.25, 0.3) is 0 Å². The lowest BCUT2D eigenvalue weighted by Gasteiger charge is -2.39. The maximum absolute atomic E-state index is 12.8. The van der Waals surface area contributed by atoms with E-state index < -0.39 is 6.16 Å². The Bertz CT molecular complexity index is 948. The monoisotopic (exact) mass is 422 g/mol. The lowest BCUT2D eigenvalue weighted by atomic mass is 9.70. The van der Waals surface area contributed by atoms with E-state index in [4.69, 9.17) is 14.2 Å². The average Bonchev–Trinajstić information content (AvgIpc) is 3.09. The average molecular weight is 423 g/mol. The van der Waals surface area contributed by atoms with Gasteiger partial charge in [-0.05, 0) is 41.0 Å². The summed E-state index contributed by atoms with van der Waals surface area (Å²) in [5.41, 5.74) is 4.38. The molecule has 0 bridgehead atoms. The summed E-state index contributed by atoms with van der Waals surface area (Å²) in [6.45, 7) is 12.4. The van der Waals surface area contributed by atoms with E-state index in [0.29, 0.717) is 26.2 Å². The smallest absolute Gasteiger partial charge is 0.434 e. The Balaban J connectivity index is 1.72. The Morgan fingerprint density at radius 2 is 1.48 bits per heavy atom. The zero-order chi connectivity index (χ0) is 22.3. The van der Waals surface area contributed by atoms with Gasteiger partial charge in [0.2, 0.25) is 0 Å². The molecule has 0 saturated heterocycles. The van der Waals surface area contributed by atoms with Gasteiger partial charge in [-0.2, -0.15) is 0 Å². The first-order chi connectivity index (χ1) is 14.7. The topological polar surface area (TPSA) is 44.8 Å². The van der Waals surface area contributed by atoms with Crippen LogP contribution in [0.2, 0.25) is 0 Å². The minimum Gasteiger partial charge on any atom is -0.434 e. The van der Waals surface area contributed by atoms with Crippen molar-refractivity contribution in [2.75, 3.05) is 19.8 Å². The fraction of sp³-hybridized carbons (Fsp3) is 0.519. The van der Waals surface area contributed by atoms with Crippen molar-refractivity contribution in [3.63, 3.8) is 0 Å². The Labute approximate surface area is 185 Å². The number of benzene rings is 2. The lowest BCUT2D eigenvalue weighted by molar-refractivity contribution is -0.0244. The highest BCUT2D eigenvalue weighted by molar-refractivity contribution is 5.66. The second kappa shape index (κ2) is 7.98. The zero-order valence-corrected chi connectivity index (χ0v) is 19.4. The molecule has 4 nitrogen and oxygen atoms in total. The highest BCUT2D eigenvalue weighted by Crippen LogP contribution is 2.63. The summed E-state index contributed by atoms with van der Waals surface area (Å²) in [5.74, 6) is 0. The Morgan fingerprint density at radius 1 is 0.903 bits per heavy atom. The molecule has 31 heavy (non-hydrogen) atoms. The number of hydrogen-bond donors (Lipinski definition) is 0. The molecule has 2 aliphatic rings. The van der Waals surface area contributed by atoms with Gasteiger partial charge in [0.15, 0.2) is 0 Å². The fourth-order valence-electron chi connectivity index (χ4n) is 6.00. The van der Waals surface area contributed by atoms with Gasteiger partial charge in [0, 0.05) is 25.0 Å². The molecule has 0 radical (unpaired) electrons. The molecule has 4 rings (SSSR count). The van der Waals surface area contributed by atoms with Crippen LogP contribution in [0.15, 0.2) is 48.5 Å². The SMILES string of the molecule is CCOCCCOC(=O)OC1C(C)(C)c2ccccc2C12CC(C)(C)c1ccccc12. The van der Waals surface area contributed by atoms with Crippen LogP contribution in [-0.2, 0) is 30.5 Å². The summed E-state index contributed by atoms with van der Waals surface area (Å²) < 4.78 is 17.0. The van der Waals surface area contributed by atoms with Gasteiger partial charge in [0.05, 0.1) is 12.0 Å². The van der Waals surface area contributed by atoms with Crippen molar-refractivity contribution in [3.05, 3.63) is 70.8 Å².